The number of pyridine rings is 2. The first-order valence-corrected chi connectivity index (χ1v) is 4.51. The van der Waals surface area contributed by atoms with E-state index in [1.54, 1.807) is 0 Å². The minimum absolute atomic E-state index is 0.0719. The van der Waals surface area contributed by atoms with Crippen LogP contribution in [0.25, 0.3) is 11.3 Å². The summed E-state index contributed by atoms with van der Waals surface area (Å²) in [4.78, 5) is 7.52. The maximum absolute atomic E-state index is 12.7. The van der Waals surface area contributed by atoms with Crippen molar-refractivity contribution in [2.45, 2.75) is 6.18 Å². The molecule has 16 heavy (non-hydrogen) atoms. The predicted molar refractivity (Wildman–Crippen MR) is 52.5 cm³/mol. The molecule has 2 aromatic rings. The highest BCUT2D eigenvalue weighted by Gasteiger charge is 2.34. The van der Waals surface area contributed by atoms with E-state index in [0.29, 0.717) is 5.56 Å². The Labute approximate surface area is 89.8 Å². The van der Waals surface area contributed by atoms with Crippen molar-refractivity contribution in [3.05, 3.63) is 48.4 Å². The van der Waals surface area contributed by atoms with Crippen LogP contribution in [0.3, 0.4) is 0 Å². The van der Waals surface area contributed by atoms with Crippen LogP contribution in [0.15, 0.2) is 42.9 Å². The van der Waals surface area contributed by atoms with E-state index < -0.39 is 11.7 Å². The summed E-state index contributed by atoms with van der Waals surface area (Å²) in [6.45, 7) is 0. The lowest BCUT2D eigenvalue weighted by Crippen LogP contribution is -2.08. The number of alkyl halides is 3. The van der Waals surface area contributed by atoms with Gasteiger partial charge in [0.15, 0.2) is 0 Å². The zero-order valence-electron chi connectivity index (χ0n) is 8.07. The Kier molecular flexibility index (Phi) is 2.60. The van der Waals surface area contributed by atoms with Crippen LogP contribution in [-0.2, 0) is 6.18 Å². The average Bonchev–Trinajstić information content (AvgIpc) is 2.29. The fourth-order valence-electron chi connectivity index (χ4n) is 1.37. The summed E-state index contributed by atoms with van der Waals surface area (Å²) in [7, 11) is 0. The number of hydrogen-bond acceptors (Lipinski definition) is 2. The molecular weight excluding hydrogens is 217 g/mol. The Hall–Kier alpha value is -1.91. The highest BCUT2D eigenvalue weighted by atomic mass is 19.4. The van der Waals surface area contributed by atoms with E-state index in [1.807, 2.05) is 0 Å². The zero-order valence-corrected chi connectivity index (χ0v) is 8.07. The second-order valence-corrected chi connectivity index (χ2v) is 3.13. The maximum atomic E-state index is 12.7. The number of aromatic nitrogens is 2. The fraction of sp³-hybridized carbons (Fsp3) is 0.0909. The van der Waals surface area contributed by atoms with Gasteiger partial charge in [0.25, 0.3) is 0 Å². The van der Waals surface area contributed by atoms with Crippen molar-refractivity contribution in [2.24, 2.45) is 0 Å². The molecule has 0 aliphatic heterocycles. The molecule has 0 fully saturated rings. The van der Waals surface area contributed by atoms with E-state index in [-0.39, 0.29) is 5.69 Å². The summed E-state index contributed by atoms with van der Waals surface area (Å²) >= 11 is 0. The zero-order chi connectivity index (χ0) is 11.6. The smallest absolute Gasteiger partial charge is 0.265 e. The normalized spacial score (nSPS) is 11.4. The number of nitrogens with zero attached hydrogens (tertiary/aromatic N) is 2. The molecule has 0 bridgehead atoms. The van der Waals surface area contributed by atoms with E-state index >= 15 is 0 Å². The standard InChI is InChI=1S/C11H7F3N2/c12-11(13,14)9-2-1-5-16-10(9)8-3-6-15-7-4-8/h1-7H. The van der Waals surface area contributed by atoms with Crippen LogP contribution in [0.1, 0.15) is 5.56 Å². The van der Waals surface area contributed by atoms with Crippen LogP contribution >= 0.6 is 0 Å². The monoisotopic (exact) mass is 224 g/mol. The van der Waals surface area contributed by atoms with Gasteiger partial charge in [-0.3, -0.25) is 9.97 Å². The average molecular weight is 224 g/mol. The van der Waals surface area contributed by atoms with Crippen LogP contribution in [0.5, 0.6) is 0 Å². The molecule has 0 amide bonds. The van der Waals surface area contributed by atoms with E-state index in [1.165, 1.54) is 36.8 Å². The lowest BCUT2D eigenvalue weighted by Gasteiger charge is -2.11. The molecule has 0 aromatic carbocycles. The summed E-state index contributed by atoms with van der Waals surface area (Å²) < 4.78 is 38.0. The summed E-state index contributed by atoms with van der Waals surface area (Å²) in [5, 5.41) is 0. The van der Waals surface area contributed by atoms with Crippen molar-refractivity contribution in [1.82, 2.24) is 9.97 Å². The van der Waals surface area contributed by atoms with Gasteiger partial charge in [0, 0.05) is 24.2 Å². The second-order valence-electron chi connectivity index (χ2n) is 3.13. The van der Waals surface area contributed by atoms with Gasteiger partial charge in [-0.15, -0.1) is 0 Å². The summed E-state index contributed by atoms with van der Waals surface area (Å²) in [5.74, 6) is 0. The third-order valence-electron chi connectivity index (χ3n) is 2.07. The lowest BCUT2D eigenvalue weighted by atomic mass is 10.1. The van der Waals surface area contributed by atoms with E-state index in [0.717, 1.165) is 6.07 Å². The summed E-state index contributed by atoms with van der Waals surface area (Å²) in [6, 6.07) is 5.28. The van der Waals surface area contributed by atoms with E-state index in [4.69, 9.17) is 0 Å². The first-order chi connectivity index (χ1) is 7.59. The largest absolute Gasteiger partial charge is 0.418 e. The van der Waals surface area contributed by atoms with Crippen LogP contribution in [-0.4, -0.2) is 9.97 Å². The molecule has 0 atom stereocenters. The Morgan fingerprint density at radius 1 is 0.938 bits per heavy atom. The molecule has 2 nitrogen and oxygen atoms in total. The van der Waals surface area contributed by atoms with Crippen LogP contribution < -0.4 is 0 Å². The number of rotatable bonds is 1. The second kappa shape index (κ2) is 3.92. The molecule has 82 valence electrons. The van der Waals surface area contributed by atoms with Crippen LogP contribution in [0, 0.1) is 0 Å². The summed E-state index contributed by atoms with van der Waals surface area (Å²) in [5.41, 5.74) is -0.401. The van der Waals surface area contributed by atoms with Crippen LogP contribution in [0.4, 0.5) is 13.2 Å². The highest BCUT2D eigenvalue weighted by Crippen LogP contribution is 2.35. The Balaban J connectivity index is 2.58. The third-order valence-corrected chi connectivity index (χ3v) is 2.07. The molecule has 0 saturated heterocycles. The molecular formula is C11H7F3N2. The first-order valence-electron chi connectivity index (χ1n) is 4.51. The van der Waals surface area contributed by atoms with Gasteiger partial charge >= 0.3 is 6.18 Å². The molecule has 0 N–H and O–H groups in total. The van der Waals surface area contributed by atoms with Crippen molar-refractivity contribution in [2.75, 3.05) is 0 Å². The molecule has 2 aromatic heterocycles. The molecule has 2 rings (SSSR count). The van der Waals surface area contributed by atoms with Gasteiger partial charge in [-0.1, -0.05) is 0 Å². The maximum Gasteiger partial charge on any atom is 0.418 e. The molecule has 0 aliphatic carbocycles. The van der Waals surface area contributed by atoms with E-state index in [9.17, 15) is 13.2 Å². The molecule has 0 aliphatic rings. The molecule has 0 spiro atoms. The third kappa shape index (κ3) is 2.03. The molecule has 0 saturated carbocycles. The SMILES string of the molecule is FC(F)(F)c1cccnc1-c1ccncc1. The van der Waals surface area contributed by atoms with Gasteiger partial charge in [0.1, 0.15) is 0 Å². The number of hydrogen-bond donors (Lipinski definition) is 0. The quantitative estimate of drug-likeness (QED) is 0.743. The van der Waals surface area contributed by atoms with E-state index in [2.05, 4.69) is 9.97 Å². The van der Waals surface area contributed by atoms with Gasteiger partial charge in [0.05, 0.1) is 11.3 Å². The van der Waals surface area contributed by atoms with Gasteiger partial charge in [-0.05, 0) is 24.3 Å². The minimum Gasteiger partial charge on any atom is -0.265 e. The van der Waals surface area contributed by atoms with Crippen LogP contribution in [0.2, 0.25) is 0 Å². The van der Waals surface area contributed by atoms with Crippen molar-refractivity contribution >= 4 is 0 Å². The molecule has 0 unspecified atom stereocenters. The van der Waals surface area contributed by atoms with Gasteiger partial charge in [0.2, 0.25) is 0 Å². The molecule has 5 heteroatoms. The Bertz CT molecular complexity index is 480. The van der Waals surface area contributed by atoms with Gasteiger partial charge in [-0.25, -0.2) is 0 Å². The Morgan fingerprint density at radius 3 is 2.25 bits per heavy atom. The Morgan fingerprint density at radius 2 is 1.62 bits per heavy atom. The summed E-state index contributed by atoms with van der Waals surface area (Å²) in [6.07, 6.45) is -0.188. The van der Waals surface area contributed by atoms with Gasteiger partial charge in [-0.2, -0.15) is 13.2 Å². The minimum atomic E-state index is -4.40. The predicted octanol–water partition coefficient (Wildman–Crippen LogP) is 3.16. The topological polar surface area (TPSA) is 25.8 Å². The van der Waals surface area contributed by atoms with Crippen molar-refractivity contribution in [1.29, 1.82) is 0 Å². The number of halogens is 3. The first kappa shape index (κ1) is 10.6. The molecule has 2 heterocycles. The fourth-order valence-corrected chi connectivity index (χ4v) is 1.37. The van der Waals surface area contributed by atoms with Crippen molar-refractivity contribution in [3.63, 3.8) is 0 Å². The molecule has 0 radical (unpaired) electrons. The van der Waals surface area contributed by atoms with Crippen molar-refractivity contribution in [3.8, 4) is 11.3 Å². The lowest BCUT2D eigenvalue weighted by molar-refractivity contribution is -0.137. The van der Waals surface area contributed by atoms with Gasteiger partial charge < -0.3 is 0 Å². The highest BCUT2D eigenvalue weighted by molar-refractivity contribution is 5.62. The van der Waals surface area contributed by atoms with Crippen molar-refractivity contribution < 1.29 is 13.2 Å².